The van der Waals surface area contributed by atoms with Crippen LogP contribution in [0.5, 0.6) is 0 Å². The normalized spacial score (nSPS) is 10.7. The van der Waals surface area contributed by atoms with Crippen LogP contribution in [-0.4, -0.2) is 23.6 Å². The van der Waals surface area contributed by atoms with Crippen molar-refractivity contribution < 1.29 is 14.3 Å². The Bertz CT molecular complexity index is 936. The van der Waals surface area contributed by atoms with Gasteiger partial charge in [-0.25, -0.2) is 4.79 Å². The topological polar surface area (TPSA) is 60.3 Å². The molecule has 5 nitrogen and oxygen atoms in total. The molecule has 0 aliphatic rings. The summed E-state index contributed by atoms with van der Waals surface area (Å²) < 4.78 is 6.58. The van der Waals surface area contributed by atoms with Crippen molar-refractivity contribution in [3.05, 3.63) is 65.4 Å². The summed E-state index contributed by atoms with van der Waals surface area (Å²) in [6.45, 7) is 4.16. The summed E-state index contributed by atoms with van der Waals surface area (Å²) in [6.07, 6.45) is 1.84. The Morgan fingerprint density at radius 1 is 1.04 bits per heavy atom. The van der Waals surface area contributed by atoms with Crippen LogP contribution in [0.15, 0.2) is 48.7 Å². The number of nitrogens with one attached hydrogen (secondary N) is 1. The number of fused-ring (bicyclic) bond motifs is 1. The highest BCUT2D eigenvalue weighted by Gasteiger charge is 2.11. The first-order chi connectivity index (χ1) is 12.0. The van der Waals surface area contributed by atoms with E-state index in [0.29, 0.717) is 5.56 Å². The Kier molecular flexibility index (Phi) is 4.57. The number of ether oxygens (including phenoxy) is 1. The van der Waals surface area contributed by atoms with E-state index in [0.717, 1.165) is 27.7 Å². The van der Waals surface area contributed by atoms with Crippen molar-refractivity contribution in [1.29, 1.82) is 0 Å². The largest absolute Gasteiger partial charge is 0.465 e. The van der Waals surface area contributed by atoms with E-state index in [1.54, 1.807) is 12.1 Å². The third kappa shape index (κ3) is 3.71. The van der Waals surface area contributed by atoms with Gasteiger partial charge in [-0.15, -0.1) is 0 Å². The molecule has 0 bridgehead atoms. The molecule has 3 rings (SSSR count). The number of methoxy groups -OCH3 is 1. The zero-order valence-electron chi connectivity index (χ0n) is 14.5. The first-order valence-electron chi connectivity index (χ1n) is 8.01. The van der Waals surface area contributed by atoms with Gasteiger partial charge >= 0.3 is 5.97 Å². The molecule has 0 radical (unpaired) electrons. The van der Waals surface area contributed by atoms with Gasteiger partial charge in [-0.1, -0.05) is 12.1 Å². The second-order valence-corrected chi connectivity index (χ2v) is 6.13. The van der Waals surface area contributed by atoms with Gasteiger partial charge in [0.1, 0.15) is 6.54 Å². The molecule has 3 aromatic rings. The summed E-state index contributed by atoms with van der Waals surface area (Å²) in [5.41, 5.74) is 4.27. The van der Waals surface area contributed by atoms with Crippen LogP contribution in [0.25, 0.3) is 10.9 Å². The molecule has 1 aromatic heterocycles. The first-order valence-corrected chi connectivity index (χ1v) is 8.01. The summed E-state index contributed by atoms with van der Waals surface area (Å²) in [4.78, 5) is 24.1. The lowest BCUT2D eigenvalue weighted by atomic mass is 10.1. The van der Waals surface area contributed by atoms with Gasteiger partial charge in [-0.05, 0) is 60.7 Å². The van der Waals surface area contributed by atoms with Crippen molar-refractivity contribution in [3.63, 3.8) is 0 Å². The zero-order chi connectivity index (χ0) is 18.0. The Labute approximate surface area is 146 Å². The van der Waals surface area contributed by atoms with Crippen LogP contribution < -0.4 is 5.32 Å². The molecule has 0 saturated heterocycles. The third-order valence-electron chi connectivity index (χ3n) is 4.01. The average molecular weight is 336 g/mol. The van der Waals surface area contributed by atoms with Crippen molar-refractivity contribution in [3.8, 4) is 0 Å². The van der Waals surface area contributed by atoms with E-state index in [-0.39, 0.29) is 12.5 Å². The maximum Gasteiger partial charge on any atom is 0.337 e. The summed E-state index contributed by atoms with van der Waals surface area (Å²) in [5.74, 6) is -0.514. The molecule has 0 fully saturated rings. The fourth-order valence-corrected chi connectivity index (χ4v) is 2.97. The lowest BCUT2D eigenvalue weighted by Gasteiger charge is -2.09. The van der Waals surface area contributed by atoms with Crippen LogP contribution in [0.4, 0.5) is 5.69 Å². The number of hydrogen-bond donors (Lipinski definition) is 1. The van der Waals surface area contributed by atoms with Gasteiger partial charge in [-0.3, -0.25) is 4.79 Å². The van der Waals surface area contributed by atoms with Gasteiger partial charge in [0.15, 0.2) is 0 Å². The number of esters is 1. The predicted octanol–water partition coefficient (Wildman–Crippen LogP) is 3.68. The molecule has 1 heterocycles. The summed E-state index contributed by atoms with van der Waals surface area (Å²) in [7, 11) is 1.35. The van der Waals surface area contributed by atoms with Crippen LogP contribution in [0.1, 0.15) is 21.5 Å². The van der Waals surface area contributed by atoms with E-state index in [1.807, 2.05) is 48.9 Å². The Morgan fingerprint density at radius 3 is 2.44 bits per heavy atom. The Hall–Kier alpha value is -3.08. The van der Waals surface area contributed by atoms with Crippen LogP contribution in [0.3, 0.4) is 0 Å². The molecule has 25 heavy (non-hydrogen) atoms. The highest BCUT2D eigenvalue weighted by molar-refractivity contribution is 5.96. The molecule has 128 valence electrons. The van der Waals surface area contributed by atoms with Gasteiger partial charge in [0.05, 0.1) is 12.7 Å². The van der Waals surface area contributed by atoms with Gasteiger partial charge in [0.25, 0.3) is 0 Å². The zero-order valence-corrected chi connectivity index (χ0v) is 14.5. The van der Waals surface area contributed by atoms with Crippen molar-refractivity contribution >= 4 is 28.5 Å². The van der Waals surface area contributed by atoms with Gasteiger partial charge in [0.2, 0.25) is 5.91 Å². The highest BCUT2D eigenvalue weighted by atomic mass is 16.5. The highest BCUT2D eigenvalue weighted by Crippen LogP contribution is 2.19. The molecule has 1 amide bonds. The van der Waals surface area contributed by atoms with Crippen LogP contribution >= 0.6 is 0 Å². The van der Waals surface area contributed by atoms with E-state index in [9.17, 15) is 9.59 Å². The maximum absolute atomic E-state index is 12.4. The number of hydrogen-bond acceptors (Lipinski definition) is 3. The minimum absolute atomic E-state index is 0.119. The number of benzene rings is 2. The van der Waals surface area contributed by atoms with Crippen molar-refractivity contribution in [2.75, 3.05) is 12.4 Å². The summed E-state index contributed by atoms with van der Waals surface area (Å²) in [6, 6.07) is 13.2. The summed E-state index contributed by atoms with van der Waals surface area (Å²) in [5, 5.41) is 3.89. The minimum atomic E-state index is -0.394. The number of carbonyl (C=O) groups excluding carboxylic acids is 2. The van der Waals surface area contributed by atoms with E-state index in [1.165, 1.54) is 7.11 Å². The molecule has 0 saturated carbocycles. The molecule has 2 aromatic carbocycles. The van der Waals surface area contributed by atoms with Crippen LogP contribution in [0, 0.1) is 13.8 Å². The number of anilines is 1. The minimum Gasteiger partial charge on any atom is -0.465 e. The maximum atomic E-state index is 12.4. The van der Waals surface area contributed by atoms with Gasteiger partial charge < -0.3 is 14.6 Å². The molecule has 0 aliphatic heterocycles. The number of aryl methyl sites for hydroxylation is 2. The number of amides is 1. The van der Waals surface area contributed by atoms with Crippen molar-refractivity contribution in [1.82, 2.24) is 4.57 Å². The smallest absolute Gasteiger partial charge is 0.337 e. The van der Waals surface area contributed by atoms with Gasteiger partial charge in [-0.2, -0.15) is 0 Å². The first kappa shape index (κ1) is 16.8. The van der Waals surface area contributed by atoms with Crippen LogP contribution in [0.2, 0.25) is 0 Å². The quantitative estimate of drug-likeness (QED) is 0.739. The second-order valence-electron chi connectivity index (χ2n) is 6.13. The molecule has 0 aliphatic carbocycles. The van der Waals surface area contributed by atoms with Crippen molar-refractivity contribution in [2.45, 2.75) is 20.4 Å². The van der Waals surface area contributed by atoms with Crippen molar-refractivity contribution in [2.24, 2.45) is 0 Å². The monoisotopic (exact) mass is 336 g/mol. The molecular weight excluding hydrogens is 316 g/mol. The molecular formula is C20H20N2O3. The predicted molar refractivity (Wildman–Crippen MR) is 97.8 cm³/mol. The lowest BCUT2D eigenvalue weighted by molar-refractivity contribution is -0.116. The number of rotatable bonds is 4. The number of carbonyl (C=O) groups is 2. The summed E-state index contributed by atoms with van der Waals surface area (Å²) >= 11 is 0. The molecule has 0 spiro atoms. The SMILES string of the molecule is COC(=O)c1ccc2ccn(CC(=O)Nc3cc(C)cc(C)c3)c2c1. The van der Waals surface area contributed by atoms with E-state index in [4.69, 9.17) is 4.74 Å². The fraction of sp³-hybridized carbons (Fsp3) is 0.200. The lowest BCUT2D eigenvalue weighted by Crippen LogP contribution is -2.18. The fourth-order valence-electron chi connectivity index (χ4n) is 2.97. The third-order valence-corrected chi connectivity index (χ3v) is 4.01. The molecule has 5 heteroatoms. The number of aromatic nitrogens is 1. The van der Waals surface area contributed by atoms with E-state index in [2.05, 4.69) is 11.4 Å². The molecule has 0 unspecified atom stereocenters. The van der Waals surface area contributed by atoms with E-state index < -0.39 is 5.97 Å². The van der Waals surface area contributed by atoms with Crippen LogP contribution in [-0.2, 0) is 16.1 Å². The van der Waals surface area contributed by atoms with Gasteiger partial charge in [0, 0.05) is 17.4 Å². The van der Waals surface area contributed by atoms with E-state index >= 15 is 0 Å². The number of nitrogens with zero attached hydrogens (tertiary/aromatic N) is 1. The Balaban J connectivity index is 1.82. The standard InChI is InChI=1S/C20H20N2O3/c1-13-8-14(2)10-17(9-13)21-19(23)12-22-7-6-15-4-5-16(11-18(15)22)20(24)25-3/h4-11H,12H2,1-3H3,(H,21,23). The molecule has 1 N–H and O–H groups in total. The Morgan fingerprint density at radius 2 is 1.76 bits per heavy atom. The average Bonchev–Trinajstić information content (AvgIpc) is 2.95. The molecule has 0 atom stereocenters. The second kappa shape index (κ2) is 6.81.